The monoisotopic (exact) mass is 362 g/mol. The van der Waals surface area contributed by atoms with Crippen LogP contribution >= 0.6 is 0 Å². The van der Waals surface area contributed by atoms with Crippen molar-refractivity contribution < 1.29 is 19.0 Å². The summed E-state index contributed by atoms with van der Waals surface area (Å²) in [4.78, 5) is 12.5. The van der Waals surface area contributed by atoms with Gasteiger partial charge in [-0.25, -0.2) is 0 Å². The van der Waals surface area contributed by atoms with E-state index in [4.69, 9.17) is 14.2 Å². The molecule has 0 heterocycles. The first-order valence-corrected chi connectivity index (χ1v) is 8.70. The molecule has 0 aliphatic heterocycles. The lowest BCUT2D eigenvalue weighted by Gasteiger charge is -2.10. The lowest BCUT2D eigenvalue weighted by Crippen LogP contribution is -2.04. The Kier molecular flexibility index (Phi) is 6.10. The molecular weight excluding hydrogens is 340 g/mol. The molecule has 27 heavy (non-hydrogen) atoms. The van der Waals surface area contributed by atoms with Gasteiger partial charge in [-0.05, 0) is 41.5 Å². The Labute approximate surface area is 159 Å². The molecule has 0 spiro atoms. The van der Waals surface area contributed by atoms with Gasteiger partial charge in [-0.1, -0.05) is 42.5 Å². The Morgan fingerprint density at radius 2 is 1.48 bits per heavy atom. The smallest absolute Gasteiger partial charge is 0.167 e. The Bertz CT molecular complexity index is 886. The molecule has 3 aromatic carbocycles. The Hall–Kier alpha value is -3.27. The van der Waals surface area contributed by atoms with Crippen LogP contribution in [0.5, 0.6) is 17.2 Å². The van der Waals surface area contributed by atoms with Crippen molar-refractivity contribution in [2.45, 2.75) is 13.0 Å². The summed E-state index contributed by atoms with van der Waals surface area (Å²) >= 11 is 0. The Morgan fingerprint density at radius 3 is 2.15 bits per heavy atom. The minimum Gasteiger partial charge on any atom is -0.493 e. The van der Waals surface area contributed by atoms with E-state index in [1.54, 1.807) is 32.4 Å². The van der Waals surface area contributed by atoms with Crippen molar-refractivity contribution >= 4 is 5.78 Å². The molecular formula is C23H22O4. The molecule has 0 atom stereocenters. The summed E-state index contributed by atoms with van der Waals surface area (Å²) in [5.41, 5.74) is 2.64. The minimum atomic E-state index is 0.0221. The van der Waals surface area contributed by atoms with Gasteiger partial charge in [0.05, 0.1) is 14.2 Å². The average molecular weight is 362 g/mol. The van der Waals surface area contributed by atoms with Crippen LogP contribution in [0.1, 0.15) is 21.5 Å². The molecule has 0 fully saturated rings. The van der Waals surface area contributed by atoms with Crippen LogP contribution in [0.4, 0.5) is 0 Å². The zero-order valence-electron chi connectivity index (χ0n) is 15.5. The van der Waals surface area contributed by atoms with Gasteiger partial charge in [0.2, 0.25) is 0 Å². The van der Waals surface area contributed by atoms with Gasteiger partial charge < -0.3 is 14.2 Å². The Morgan fingerprint density at radius 1 is 0.778 bits per heavy atom. The van der Waals surface area contributed by atoms with Crippen molar-refractivity contribution in [3.05, 3.63) is 89.5 Å². The zero-order chi connectivity index (χ0) is 19.1. The van der Waals surface area contributed by atoms with E-state index < -0.39 is 0 Å². The number of hydrogen-bond acceptors (Lipinski definition) is 4. The lowest BCUT2D eigenvalue weighted by molar-refractivity contribution is 0.0992. The summed E-state index contributed by atoms with van der Waals surface area (Å²) < 4.78 is 16.2. The average Bonchev–Trinajstić information content (AvgIpc) is 2.73. The molecule has 0 radical (unpaired) electrons. The number of Topliss-reactive ketones (excluding diaryl/α,β-unsaturated/α-hetero) is 1. The van der Waals surface area contributed by atoms with Crippen molar-refractivity contribution in [2.24, 2.45) is 0 Å². The molecule has 0 unspecified atom stereocenters. The van der Waals surface area contributed by atoms with Crippen LogP contribution in [-0.4, -0.2) is 20.0 Å². The molecule has 0 aliphatic rings. The molecule has 0 aliphatic carbocycles. The van der Waals surface area contributed by atoms with Gasteiger partial charge in [-0.2, -0.15) is 0 Å². The normalized spacial score (nSPS) is 10.3. The first-order chi connectivity index (χ1) is 13.2. The van der Waals surface area contributed by atoms with Crippen molar-refractivity contribution in [1.82, 2.24) is 0 Å². The topological polar surface area (TPSA) is 44.8 Å². The summed E-state index contributed by atoms with van der Waals surface area (Å²) in [7, 11) is 3.13. The van der Waals surface area contributed by atoms with Gasteiger partial charge in [0.1, 0.15) is 12.4 Å². The second-order valence-corrected chi connectivity index (χ2v) is 6.09. The first-order valence-electron chi connectivity index (χ1n) is 8.70. The molecule has 3 rings (SSSR count). The molecule has 0 saturated heterocycles. The Balaban J connectivity index is 1.61. The van der Waals surface area contributed by atoms with Crippen molar-refractivity contribution in [3.63, 3.8) is 0 Å². The molecule has 0 N–H and O–H groups in total. The fraction of sp³-hybridized carbons (Fsp3) is 0.174. The summed E-state index contributed by atoms with van der Waals surface area (Å²) in [6.45, 7) is 0.519. The van der Waals surface area contributed by atoms with Gasteiger partial charge in [0.25, 0.3) is 0 Å². The quantitative estimate of drug-likeness (QED) is 0.545. The van der Waals surface area contributed by atoms with E-state index in [1.165, 1.54) is 0 Å². The van der Waals surface area contributed by atoms with Gasteiger partial charge in [-0.15, -0.1) is 0 Å². The molecule has 3 aromatic rings. The highest BCUT2D eigenvalue weighted by molar-refractivity contribution is 5.98. The number of rotatable bonds is 8. The zero-order valence-corrected chi connectivity index (χ0v) is 15.5. The maximum atomic E-state index is 12.5. The number of methoxy groups -OCH3 is 2. The number of carbonyl (C=O) groups excluding carboxylic acids is 1. The molecule has 0 amide bonds. The number of benzene rings is 3. The third kappa shape index (κ3) is 4.88. The van der Waals surface area contributed by atoms with E-state index in [1.807, 2.05) is 54.6 Å². The van der Waals surface area contributed by atoms with Crippen LogP contribution in [0.2, 0.25) is 0 Å². The molecule has 4 heteroatoms. The van der Waals surface area contributed by atoms with Crippen LogP contribution in [0.25, 0.3) is 0 Å². The highest BCUT2D eigenvalue weighted by Gasteiger charge is 2.11. The second-order valence-electron chi connectivity index (χ2n) is 6.09. The van der Waals surface area contributed by atoms with E-state index >= 15 is 0 Å². The highest BCUT2D eigenvalue weighted by atomic mass is 16.5. The second kappa shape index (κ2) is 8.90. The third-order valence-electron chi connectivity index (χ3n) is 4.24. The van der Waals surface area contributed by atoms with Gasteiger partial charge in [-0.3, -0.25) is 4.79 Å². The summed E-state index contributed by atoms with van der Waals surface area (Å²) in [6.07, 6.45) is 0.314. The largest absolute Gasteiger partial charge is 0.493 e. The lowest BCUT2D eigenvalue weighted by atomic mass is 10.0. The van der Waals surface area contributed by atoms with Gasteiger partial charge in [0.15, 0.2) is 17.3 Å². The highest BCUT2D eigenvalue weighted by Crippen LogP contribution is 2.28. The number of ketones is 1. The van der Waals surface area contributed by atoms with Gasteiger partial charge in [0, 0.05) is 12.0 Å². The van der Waals surface area contributed by atoms with E-state index in [9.17, 15) is 4.79 Å². The number of carbonyl (C=O) groups is 1. The van der Waals surface area contributed by atoms with Crippen LogP contribution < -0.4 is 14.2 Å². The predicted octanol–water partition coefficient (Wildman–Crippen LogP) is 4.71. The standard InChI is InChI=1S/C23H22O4/c1-25-22-13-10-19(15-23(22)26-2)21(24)14-17-8-11-20(12-9-17)27-16-18-6-4-3-5-7-18/h3-13,15H,14,16H2,1-2H3. The van der Waals surface area contributed by atoms with Crippen molar-refractivity contribution in [2.75, 3.05) is 14.2 Å². The molecule has 0 aromatic heterocycles. The van der Waals surface area contributed by atoms with E-state index in [2.05, 4.69) is 0 Å². The number of hydrogen-bond donors (Lipinski definition) is 0. The summed E-state index contributed by atoms with van der Waals surface area (Å²) in [6, 6.07) is 22.8. The van der Waals surface area contributed by atoms with Crippen molar-refractivity contribution in [3.8, 4) is 17.2 Å². The first kappa shape index (κ1) is 18.5. The van der Waals surface area contributed by atoms with Gasteiger partial charge >= 0.3 is 0 Å². The van der Waals surface area contributed by atoms with Crippen LogP contribution in [0.3, 0.4) is 0 Å². The maximum absolute atomic E-state index is 12.5. The van der Waals surface area contributed by atoms with E-state index in [0.29, 0.717) is 30.1 Å². The molecule has 0 bridgehead atoms. The molecule has 4 nitrogen and oxygen atoms in total. The predicted molar refractivity (Wildman–Crippen MR) is 105 cm³/mol. The fourth-order valence-corrected chi connectivity index (χ4v) is 2.74. The van der Waals surface area contributed by atoms with Crippen molar-refractivity contribution in [1.29, 1.82) is 0 Å². The van der Waals surface area contributed by atoms with Crippen LogP contribution in [0.15, 0.2) is 72.8 Å². The summed E-state index contributed by atoms with van der Waals surface area (Å²) in [5.74, 6) is 1.96. The van der Waals surface area contributed by atoms with E-state index in [-0.39, 0.29) is 5.78 Å². The molecule has 0 saturated carbocycles. The SMILES string of the molecule is COc1ccc(C(=O)Cc2ccc(OCc3ccccc3)cc2)cc1OC. The van der Waals surface area contributed by atoms with Crippen LogP contribution in [0, 0.1) is 0 Å². The molecule has 138 valence electrons. The summed E-state index contributed by atoms with van der Waals surface area (Å²) in [5, 5.41) is 0. The third-order valence-corrected chi connectivity index (χ3v) is 4.24. The van der Waals surface area contributed by atoms with Crippen LogP contribution in [-0.2, 0) is 13.0 Å². The fourth-order valence-electron chi connectivity index (χ4n) is 2.74. The number of ether oxygens (including phenoxy) is 3. The maximum Gasteiger partial charge on any atom is 0.167 e. The van der Waals surface area contributed by atoms with E-state index in [0.717, 1.165) is 16.9 Å². The minimum absolute atomic E-state index is 0.0221.